The third-order valence-electron chi connectivity index (χ3n) is 2.56. The lowest BCUT2D eigenvalue weighted by Gasteiger charge is -2.13. The summed E-state index contributed by atoms with van der Waals surface area (Å²) >= 11 is 6.79. The van der Waals surface area contributed by atoms with E-state index in [2.05, 4.69) is 43.2 Å². The number of anilines is 2. The molecule has 0 amide bonds. The van der Waals surface area contributed by atoms with Gasteiger partial charge in [0.05, 0.1) is 24.0 Å². The van der Waals surface area contributed by atoms with Crippen LogP contribution in [0.4, 0.5) is 11.4 Å². The second-order valence-electron chi connectivity index (χ2n) is 3.74. The number of benzene rings is 2. The lowest BCUT2D eigenvalue weighted by atomic mass is 10.2. The van der Waals surface area contributed by atoms with Gasteiger partial charge in [0.25, 0.3) is 0 Å². The van der Waals surface area contributed by atoms with Gasteiger partial charge in [-0.25, -0.2) is 0 Å². The van der Waals surface area contributed by atoms with Crippen LogP contribution in [0.1, 0.15) is 5.56 Å². The smallest absolute Gasteiger partial charge is 0.142 e. The minimum atomic E-state index is 0.560. The highest BCUT2D eigenvalue weighted by Crippen LogP contribution is 2.33. The van der Waals surface area contributed by atoms with Crippen molar-refractivity contribution in [3.8, 4) is 11.8 Å². The van der Waals surface area contributed by atoms with Gasteiger partial charge in [0.15, 0.2) is 0 Å². The second kappa shape index (κ2) is 6.09. The first-order chi connectivity index (χ1) is 9.15. The maximum Gasteiger partial charge on any atom is 0.142 e. The van der Waals surface area contributed by atoms with Crippen molar-refractivity contribution in [2.24, 2.45) is 0 Å². The molecule has 0 aliphatic heterocycles. The first kappa shape index (κ1) is 13.9. The Labute approximate surface area is 128 Å². The van der Waals surface area contributed by atoms with Crippen LogP contribution in [0.2, 0.25) is 0 Å². The van der Waals surface area contributed by atoms with Crippen molar-refractivity contribution in [2.75, 3.05) is 12.4 Å². The Morgan fingerprint density at radius 2 is 1.95 bits per heavy atom. The van der Waals surface area contributed by atoms with Crippen LogP contribution in [-0.2, 0) is 0 Å². The molecule has 0 atom stereocenters. The summed E-state index contributed by atoms with van der Waals surface area (Å²) in [5, 5.41) is 12.4. The summed E-state index contributed by atoms with van der Waals surface area (Å²) in [6, 6.07) is 13.4. The largest absolute Gasteiger partial charge is 0.495 e. The van der Waals surface area contributed by atoms with E-state index in [4.69, 9.17) is 4.74 Å². The molecule has 2 aromatic rings. The van der Waals surface area contributed by atoms with Gasteiger partial charge in [-0.3, -0.25) is 0 Å². The number of ether oxygens (including phenoxy) is 1. The first-order valence-electron chi connectivity index (χ1n) is 5.45. The van der Waals surface area contributed by atoms with Crippen LogP contribution in [0.3, 0.4) is 0 Å². The number of hydrogen-bond acceptors (Lipinski definition) is 3. The highest BCUT2D eigenvalue weighted by molar-refractivity contribution is 9.10. The van der Waals surface area contributed by atoms with E-state index in [9.17, 15) is 5.26 Å². The molecule has 0 aliphatic rings. The zero-order valence-electron chi connectivity index (χ0n) is 10.1. The molecule has 19 heavy (non-hydrogen) atoms. The highest BCUT2D eigenvalue weighted by Gasteiger charge is 2.09. The fourth-order valence-electron chi connectivity index (χ4n) is 1.66. The van der Waals surface area contributed by atoms with Gasteiger partial charge in [0, 0.05) is 8.95 Å². The summed E-state index contributed by atoms with van der Waals surface area (Å²) in [6.45, 7) is 0. The van der Waals surface area contributed by atoms with Crippen molar-refractivity contribution in [2.45, 2.75) is 0 Å². The summed E-state index contributed by atoms with van der Waals surface area (Å²) in [7, 11) is 1.61. The molecule has 3 nitrogen and oxygen atoms in total. The van der Waals surface area contributed by atoms with Crippen molar-refractivity contribution >= 4 is 43.2 Å². The van der Waals surface area contributed by atoms with Gasteiger partial charge >= 0.3 is 0 Å². The Balaban J connectivity index is 2.45. The zero-order valence-corrected chi connectivity index (χ0v) is 13.2. The van der Waals surface area contributed by atoms with Crippen LogP contribution in [0.5, 0.6) is 5.75 Å². The van der Waals surface area contributed by atoms with E-state index >= 15 is 0 Å². The molecule has 0 spiro atoms. The van der Waals surface area contributed by atoms with Crippen molar-refractivity contribution in [1.82, 2.24) is 0 Å². The monoisotopic (exact) mass is 380 g/mol. The van der Waals surface area contributed by atoms with Crippen molar-refractivity contribution in [3.63, 3.8) is 0 Å². The molecule has 0 heterocycles. The molecule has 96 valence electrons. The molecule has 5 heteroatoms. The van der Waals surface area contributed by atoms with E-state index < -0.39 is 0 Å². The predicted octanol–water partition coefficient (Wildman–Crippen LogP) is 4.84. The molecule has 0 unspecified atom stereocenters. The number of nitrogens with one attached hydrogen (secondary N) is 1. The normalized spacial score (nSPS) is 9.79. The molecule has 0 radical (unpaired) electrons. The van der Waals surface area contributed by atoms with Gasteiger partial charge in [0.1, 0.15) is 11.8 Å². The lowest BCUT2D eigenvalue weighted by molar-refractivity contribution is 0.417. The number of halogens is 2. The zero-order chi connectivity index (χ0) is 13.8. The molecule has 0 bridgehead atoms. The van der Waals surface area contributed by atoms with Crippen LogP contribution in [0.25, 0.3) is 0 Å². The Kier molecular flexibility index (Phi) is 4.46. The van der Waals surface area contributed by atoms with E-state index in [1.165, 1.54) is 0 Å². The van der Waals surface area contributed by atoms with Crippen LogP contribution in [0, 0.1) is 11.3 Å². The van der Waals surface area contributed by atoms with Crippen molar-refractivity contribution in [3.05, 3.63) is 50.9 Å². The summed E-state index contributed by atoms with van der Waals surface area (Å²) in [4.78, 5) is 0. The molecule has 0 saturated heterocycles. The van der Waals surface area contributed by atoms with Gasteiger partial charge in [-0.2, -0.15) is 5.26 Å². The van der Waals surface area contributed by atoms with E-state index in [0.29, 0.717) is 11.3 Å². The number of rotatable bonds is 3. The first-order valence-corrected chi connectivity index (χ1v) is 7.03. The molecular formula is C14H10Br2N2O. The number of methoxy groups -OCH3 is 1. The predicted molar refractivity (Wildman–Crippen MR) is 82.8 cm³/mol. The summed E-state index contributed by atoms with van der Waals surface area (Å²) in [6.07, 6.45) is 0. The molecule has 2 aromatic carbocycles. The second-order valence-corrected chi connectivity index (χ2v) is 5.51. The van der Waals surface area contributed by atoms with Crippen molar-refractivity contribution < 1.29 is 4.74 Å². The molecule has 0 fully saturated rings. The fourth-order valence-corrected chi connectivity index (χ4v) is 2.48. The van der Waals surface area contributed by atoms with Gasteiger partial charge in [0.2, 0.25) is 0 Å². The SMILES string of the molecule is COc1ccc(Br)cc1Nc1cccc(Br)c1C#N. The molecule has 1 N–H and O–H groups in total. The van der Waals surface area contributed by atoms with Crippen LogP contribution in [-0.4, -0.2) is 7.11 Å². The number of nitrogens with zero attached hydrogens (tertiary/aromatic N) is 1. The van der Waals surface area contributed by atoms with Gasteiger partial charge in [-0.1, -0.05) is 22.0 Å². The van der Waals surface area contributed by atoms with E-state index in [0.717, 1.165) is 20.3 Å². The summed E-state index contributed by atoms with van der Waals surface area (Å²) in [5.74, 6) is 0.715. The average molecular weight is 382 g/mol. The van der Waals surface area contributed by atoms with Gasteiger partial charge in [-0.15, -0.1) is 0 Å². The van der Waals surface area contributed by atoms with Gasteiger partial charge < -0.3 is 10.1 Å². The summed E-state index contributed by atoms with van der Waals surface area (Å²) < 4.78 is 6.99. The average Bonchev–Trinajstić information content (AvgIpc) is 2.39. The standard InChI is InChI=1S/C14H10Br2N2O/c1-19-14-6-5-9(15)7-13(14)18-12-4-2-3-11(16)10(12)8-17/h2-7,18H,1H3. The highest BCUT2D eigenvalue weighted by atomic mass is 79.9. The van der Waals surface area contributed by atoms with Crippen LogP contribution in [0.15, 0.2) is 45.3 Å². The Morgan fingerprint density at radius 1 is 1.16 bits per heavy atom. The Bertz CT molecular complexity index is 650. The number of hydrogen-bond donors (Lipinski definition) is 1. The Hall–Kier alpha value is -1.51. The molecular weight excluding hydrogens is 372 g/mol. The molecule has 0 saturated carbocycles. The minimum absolute atomic E-state index is 0.560. The summed E-state index contributed by atoms with van der Waals surface area (Å²) in [5.41, 5.74) is 2.09. The van der Waals surface area contributed by atoms with Crippen LogP contribution < -0.4 is 10.1 Å². The minimum Gasteiger partial charge on any atom is -0.495 e. The lowest BCUT2D eigenvalue weighted by Crippen LogP contribution is -1.97. The van der Waals surface area contributed by atoms with E-state index in [1.807, 2.05) is 36.4 Å². The van der Waals surface area contributed by atoms with E-state index in [-0.39, 0.29) is 0 Å². The van der Waals surface area contributed by atoms with E-state index in [1.54, 1.807) is 7.11 Å². The number of nitriles is 1. The fraction of sp³-hybridized carbons (Fsp3) is 0.0714. The third-order valence-corrected chi connectivity index (χ3v) is 3.71. The maximum absolute atomic E-state index is 9.20. The van der Waals surface area contributed by atoms with Crippen LogP contribution >= 0.6 is 31.9 Å². The quantitative estimate of drug-likeness (QED) is 0.827. The van der Waals surface area contributed by atoms with Crippen molar-refractivity contribution in [1.29, 1.82) is 5.26 Å². The van der Waals surface area contributed by atoms with Gasteiger partial charge in [-0.05, 0) is 46.3 Å². The topological polar surface area (TPSA) is 45.0 Å². The molecule has 0 aliphatic carbocycles. The maximum atomic E-state index is 9.20. The Morgan fingerprint density at radius 3 is 2.63 bits per heavy atom. The molecule has 2 rings (SSSR count). The third kappa shape index (κ3) is 3.09. The molecule has 0 aromatic heterocycles.